The minimum absolute atomic E-state index is 0.354. The molecule has 1 saturated carbocycles. The second-order valence-corrected chi connectivity index (χ2v) is 6.58. The molecule has 0 aromatic carbocycles. The number of fused-ring (bicyclic) bond motifs is 2. The number of rotatable bonds is 2. The van der Waals surface area contributed by atoms with Crippen LogP contribution in [0, 0.1) is 10.8 Å². The standard InChI is InChI=1S/C14H18NO5/c1-12(2)13(3)5-6-14(12,20-10(13)17)11(18)19-8-4-7-15-9(8)16/h8H,4-7H2,1-3H3. The van der Waals surface area contributed by atoms with Crippen LogP contribution in [0.2, 0.25) is 0 Å². The Balaban J connectivity index is 1.88. The van der Waals surface area contributed by atoms with E-state index in [1.165, 1.54) is 0 Å². The highest BCUT2D eigenvalue weighted by Crippen LogP contribution is 2.65. The molecule has 1 amide bonds. The van der Waals surface area contributed by atoms with Gasteiger partial charge in [0.05, 0.1) is 5.41 Å². The predicted octanol–water partition coefficient (Wildman–Crippen LogP) is 0.555. The Morgan fingerprint density at radius 3 is 2.45 bits per heavy atom. The summed E-state index contributed by atoms with van der Waals surface area (Å²) in [7, 11) is 0. The highest BCUT2D eigenvalue weighted by atomic mass is 16.6. The third kappa shape index (κ3) is 1.32. The first-order chi connectivity index (χ1) is 9.24. The molecule has 3 rings (SSSR count). The van der Waals surface area contributed by atoms with E-state index in [1.54, 1.807) is 0 Å². The van der Waals surface area contributed by atoms with Crippen LogP contribution in [0.4, 0.5) is 0 Å². The van der Waals surface area contributed by atoms with Gasteiger partial charge in [-0.3, -0.25) is 9.59 Å². The summed E-state index contributed by atoms with van der Waals surface area (Å²) >= 11 is 0. The average Bonchev–Trinajstić information content (AvgIpc) is 2.90. The van der Waals surface area contributed by atoms with E-state index in [-0.39, 0.29) is 5.97 Å². The molecule has 109 valence electrons. The second-order valence-electron chi connectivity index (χ2n) is 6.58. The minimum atomic E-state index is -1.26. The van der Waals surface area contributed by atoms with Crippen molar-refractivity contribution in [3.05, 3.63) is 0 Å². The Labute approximate surface area is 117 Å². The summed E-state index contributed by atoms with van der Waals surface area (Å²) in [5.41, 5.74) is -2.58. The largest absolute Gasteiger partial charge is 0.449 e. The van der Waals surface area contributed by atoms with E-state index < -0.39 is 34.4 Å². The average molecular weight is 280 g/mol. The van der Waals surface area contributed by atoms with E-state index in [1.807, 2.05) is 20.8 Å². The SMILES string of the molecule is CC12CCC(C(=O)OC3CC[N]C3=O)(OC1=O)C2(C)C. The van der Waals surface area contributed by atoms with Crippen molar-refractivity contribution in [1.29, 1.82) is 0 Å². The van der Waals surface area contributed by atoms with Gasteiger partial charge < -0.3 is 9.47 Å². The van der Waals surface area contributed by atoms with Gasteiger partial charge in [-0.25, -0.2) is 10.1 Å². The lowest BCUT2D eigenvalue weighted by Crippen LogP contribution is -2.50. The molecule has 2 aliphatic heterocycles. The van der Waals surface area contributed by atoms with E-state index in [9.17, 15) is 14.4 Å². The van der Waals surface area contributed by atoms with Crippen LogP contribution in [0.3, 0.4) is 0 Å². The van der Waals surface area contributed by atoms with E-state index in [0.29, 0.717) is 25.8 Å². The highest BCUT2D eigenvalue weighted by Gasteiger charge is 2.76. The number of ether oxygens (including phenoxy) is 2. The van der Waals surface area contributed by atoms with Gasteiger partial charge in [-0.15, -0.1) is 0 Å². The third-order valence-electron chi connectivity index (χ3n) is 5.60. The Morgan fingerprint density at radius 2 is 2.00 bits per heavy atom. The van der Waals surface area contributed by atoms with Crippen molar-refractivity contribution in [2.75, 3.05) is 6.54 Å². The number of esters is 2. The number of hydrogen-bond donors (Lipinski definition) is 0. The molecular weight excluding hydrogens is 262 g/mol. The summed E-state index contributed by atoms with van der Waals surface area (Å²) in [6.45, 7) is 5.91. The van der Waals surface area contributed by atoms with E-state index >= 15 is 0 Å². The zero-order valence-electron chi connectivity index (χ0n) is 11.9. The molecule has 2 saturated heterocycles. The van der Waals surface area contributed by atoms with Gasteiger partial charge >= 0.3 is 11.9 Å². The molecule has 1 radical (unpaired) electrons. The normalized spacial score (nSPS) is 41.5. The van der Waals surface area contributed by atoms with Gasteiger partial charge in [-0.05, 0) is 19.8 Å². The lowest BCUT2D eigenvalue weighted by atomic mass is 9.66. The molecule has 0 N–H and O–H groups in total. The quantitative estimate of drug-likeness (QED) is 0.690. The first-order valence-electron chi connectivity index (χ1n) is 6.90. The number of carbonyl (C=O) groups excluding carboxylic acids is 3. The first kappa shape index (κ1) is 13.4. The number of amides is 1. The smallest absolute Gasteiger partial charge is 0.352 e. The number of carbonyl (C=O) groups is 3. The predicted molar refractivity (Wildman–Crippen MR) is 66.5 cm³/mol. The van der Waals surface area contributed by atoms with E-state index in [4.69, 9.17) is 9.47 Å². The summed E-state index contributed by atoms with van der Waals surface area (Å²) in [6.07, 6.45) is 0.626. The molecule has 6 heteroatoms. The molecule has 0 spiro atoms. The Morgan fingerprint density at radius 1 is 1.30 bits per heavy atom. The molecule has 6 nitrogen and oxygen atoms in total. The zero-order valence-corrected chi connectivity index (χ0v) is 11.9. The van der Waals surface area contributed by atoms with Crippen molar-refractivity contribution >= 4 is 17.8 Å². The Kier molecular flexibility index (Phi) is 2.50. The zero-order chi connectivity index (χ0) is 14.8. The van der Waals surface area contributed by atoms with Crippen molar-refractivity contribution in [3.63, 3.8) is 0 Å². The monoisotopic (exact) mass is 280 g/mol. The summed E-state index contributed by atoms with van der Waals surface area (Å²) in [5.74, 6) is -1.36. The van der Waals surface area contributed by atoms with Crippen molar-refractivity contribution in [1.82, 2.24) is 5.32 Å². The van der Waals surface area contributed by atoms with Gasteiger partial charge in [0.15, 0.2) is 6.10 Å². The topological polar surface area (TPSA) is 83.8 Å². The van der Waals surface area contributed by atoms with Gasteiger partial charge in [0.25, 0.3) is 5.91 Å². The fraction of sp³-hybridized carbons (Fsp3) is 0.786. The van der Waals surface area contributed by atoms with Crippen LogP contribution in [0.15, 0.2) is 0 Å². The lowest BCUT2D eigenvalue weighted by molar-refractivity contribution is -0.187. The Bertz CT molecular complexity index is 514. The molecule has 1 aliphatic carbocycles. The van der Waals surface area contributed by atoms with Crippen molar-refractivity contribution in [2.24, 2.45) is 10.8 Å². The molecule has 2 heterocycles. The van der Waals surface area contributed by atoms with Crippen molar-refractivity contribution in [3.8, 4) is 0 Å². The summed E-state index contributed by atoms with van der Waals surface area (Å²) in [6, 6.07) is 0. The molecule has 3 fully saturated rings. The van der Waals surface area contributed by atoms with Gasteiger partial charge in [-0.2, -0.15) is 0 Å². The maximum Gasteiger partial charge on any atom is 0.352 e. The van der Waals surface area contributed by atoms with Gasteiger partial charge in [0.1, 0.15) is 0 Å². The van der Waals surface area contributed by atoms with Crippen LogP contribution >= 0.6 is 0 Å². The molecule has 20 heavy (non-hydrogen) atoms. The van der Waals surface area contributed by atoms with Gasteiger partial charge in [-0.1, -0.05) is 13.8 Å². The van der Waals surface area contributed by atoms with Crippen LogP contribution in [0.1, 0.15) is 40.0 Å². The first-order valence-corrected chi connectivity index (χ1v) is 6.90. The third-order valence-corrected chi connectivity index (χ3v) is 5.60. The molecular formula is C14H18NO5. The lowest BCUT2D eigenvalue weighted by Gasteiger charge is -2.34. The van der Waals surface area contributed by atoms with Crippen LogP contribution in [-0.2, 0) is 23.9 Å². The minimum Gasteiger partial charge on any atom is -0.449 e. The molecule has 0 aromatic heterocycles. The Hall–Kier alpha value is -1.59. The fourth-order valence-corrected chi connectivity index (χ4v) is 3.55. The summed E-state index contributed by atoms with van der Waals surface area (Å²) in [5, 5.41) is 3.70. The van der Waals surface area contributed by atoms with Crippen LogP contribution in [0.5, 0.6) is 0 Å². The molecule has 2 bridgehead atoms. The summed E-state index contributed by atoms with van der Waals surface area (Å²) in [4.78, 5) is 36.1. The molecule has 3 unspecified atom stereocenters. The maximum absolute atomic E-state index is 12.5. The molecule has 3 atom stereocenters. The van der Waals surface area contributed by atoms with E-state index in [2.05, 4.69) is 5.32 Å². The van der Waals surface area contributed by atoms with E-state index in [0.717, 1.165) is 0 Å². The van der Waals surface area contributed by atoms with Crippen LogP contribution in [-0.4, -0.2) is 36.1 Å². The molecule has 3 aliphatic rings. The highest BCUT2D eigenvalue weighted by molar-refractivity contribution is 5.95. The number of hydrogen-bond acceptors (Lipinski definition) is 5. The second kappa shape index (κ2) is 3.74. The molecule has 0 aromatic rings. The van der Waals surface area contributed by atoms with Gasteiger partial charge in [0, 0.05) is 18.4 Å². The number of nitrogens with zero attached hydrogens (tertiary/aromatic N) is 1. The van der Waals surface area contributed by atoms with Gasteiger partial charge in [0.2, 0.25) is 5.60 Å². The van der Waals surface area contributed by atoms with Crippen molar-refractivity contribution < 1.29 is 23.9 Å². The van der Waals surface area contributed by atoms with Crippen LogP contribution in [0.25, 0.3) is 0 Å². The fourth-order valence-electron chi connectivity index (χ4n) is 3.55. The van der Waals surface area contributed by atoms with Crippen LogP contribution < -0.4 is 5.32 Å². The van der Waals surface area contributed by atoms with Crippen molar-refractivity contribution in [2.45, 2.75) is 51.7 Å². The maximum atomic E-state index is 12.5. The summed E-state index contributed by atoms with van der Waals surface area (Å²) < 4.78 is 10.7.